The number of hydrogen-bond acceptors (Lipinski definition) is 4. The molecule has 0 bridgehead atoms. The lowest BCUT2D eigenvalue weighted by Crippen LogP contribution is -2.52. The zero-order valence-corrected chi connectivity index (χ0v) is 23.8. The van der Waals surface area contributed by atoms with E-state index in [1.807, 2.05) is 36.4 Å². The summed E-state index contributed by atoms with van der Waals surface area (Å²) in [5.41, 5.74) is 2.34. The molecule has 0 saturated heterocycles. The molecule has 1 fully saturated rings. The Kier molecular flexibility index (Phi) is 9.58. The van der Waals surface area contributed by atoms with Crippen molar-refractivity contribution in [3.05, 3.63) is 64.1 Å². The molecule has 36 heavy (non-hydrogen) atoms. The van der Waals surface area contributed by atoms with Crippen LogP contribution in [0.3, 0.4) is 0 Å². The smallest absolute Gasteiger partial charge is 0.244 e. The minimum atomic E-state index is -3.74. The highest BCUT2D eigenvalue weighted by Crippen LogP contribution is 2.23. The topological polar surface area (TPSA) is 86.8 Å². The van der Waals surface area contributed by atoms with Crippen LogP contribution in [0.25, 0.3) is 0 Å². The van der Waals surface area contributed by atoms with Gasteiger partial charge in [-0.2, -0.15) is 0 Å². The highest BCUT2D eigenvalue weighted by molar-refractivity contribution is 9.10. The Labute approximate surface area is 223 Å². The Morgan fingerprint density at radius 1 is 1.00 bits per heavy atom. The van der Waals surface area contributed by atoms with Gasteiger partial charge in [0.15, 0.2) is 0 Å². The van der Waals surface area contributed by atoms with Gasteiger partial charge in [0.05, 0.1) is 11.9 Å². The molecule has 2 amide bonds. The first-order valence-corrected chi connectivity index (χ1v) is 15.0. The summed E-state index contributed by atoms with van der Waals surface area (Å²) in [6.07, 6.45) is 5.13. The summed E-state index contributed by atoms with van der Waals surface area (Å²) < 4.78 is 27.4. The average molecular weight is 579 g/mol. The van der Waals surface area contributed by atoms with E-state index in [9.17, 15) is 18.0 Å². The number of sulfonamides is 1. The van der Waals surface area contributed by atoms with Crippen LogP contribution in [0, 0.1) is 0 Å². The zero-order valence-electron chi connectivity index (χ0n) is 21.4. The Balaban J connectivity index is 1.86. The number of benzene rings is 2. The van der Waals surface area contributed by atoms with E-state index in [0.29, 0.717) is 11.6 Å². The molecule has 1 N–H and O–H groups in total. The van der Waals surface area contributed by atoms with Crippen LogP contribution in [-0.2, 0) is 26.2 Å². The number of hydrogen-bond donors (Lipinski definition) is 1. The van der Waals surface area contributed by atoms with Crippen LogP contribution in [0.2, 0.25) is 0 Å². The number of nitrogens with one attached hydrogen (secondary N) is 1. The predicted molar refractivity (Wildman–Crippen MR) is 147 cm³/mol. The number of nitrogens with zero attached hydrogens (tertiary/aromatic N) is 2. The number of rotatable bonds is 10. The van der Waals surface area contributed by atoms with Crippen molar-refractivity contribution in [3.63, 3.8) is 0 Å². The van der Waals surface area contributed by atoms with Crippen molar-refractivity contribution in [2.24, 2.45) is 0 Å². The van der Waals surface area contributed by atoms with Crippen molar-refractivity contribution >= 4 is 43.5 Å². The zero-order chi connectivity index (χ0) is 26.5. The first-order chi connectivity index (χ1) is 17.0. The maximum atomic E-state index is 13.6. The summed E-state index contributed by atoms with van der Waals surface area (Å²) in [5, 5.41) is 3.07. The minimum absolute atomic E-state index is 0.122. The number of halogens is 1. The van der Waals surface area contributed by atoms with E-state index in [4.69, 9.17) is 0 Å². The molecule has 0 unspecified atom stereocenters. The monoisotopic (exact) mass is 577 g/mol. The maximum absolute atomic E-state index is 13.6. The summed E-state index contributed by atoms with van der Waals surface area (Å²) in [5.74, 6) is -0.363. The number of anilines is 1. The normalized spacial score (nSPS) is 15.1. The molecule has 2 aromatic carbocycles. The highest BCUT2D eigenvalue weighted by atomic mass is 79.9. The third-order valence-electron chi connectivity index (χ3n) is 6.66. The second-order valence-electron chi connectivity index (χ2n) is 9.83. The third-order valence-corrected chi connectivity index (χ3v) is 8.33. The van der Waals surface area contributed by atoms with Crippen LogP contribution < -0.4 is 9.62 Å². The lowest BCUT2D eigenvalue weighted by atomic mass is 10.0. The molecule has 0 heterocycles. The maximum Gasteiger partial charge on any atom is 0.244 e. The predicted octanol–water partition coefficient (Wildman–Crippen LogP) is 4.81. The first-order valence-electron chi connectivity index (χ1n) is 12.4. The van der Waals surface area contributed by atoms with E-state index in [1.165, 1.54) is 4.90 Å². The molecule has 0 spiro atoms. The SMILES string of the molecule is CC(C)c1ccc(N(CC(=O)N(Cc2ccc(Br)cc2)[C@H](C)C(=O)NC2CCCC2)S(C)(=O)=O)cc1. The quantitative estimate of drug-likeness (QED) is 0.438. The van der Waals surface area contributed by atoms with E-state index in [2.05, 4.69) is 35.1 Å². The van der Waals surface area contributed by atoms with Crippen LogP contribution >= 0.6 is 15.9 Å². The van der Waals surface area contributed by atoms with Gasteiger partial charge in [-0.15, -0.1) is 0 Å². The Morgan fingerprint density at radius 3 is 2.11 bits per heavy atom. The summed E-state index contributed by atoms with van der Waals surface area (Å²) >= 11 is 3.42. The second kappa shape index (κ2) is 12.2. The van der Waals surface area contributed by atoms with Crippen LogP contribution in [0.1, 0.15) is 63.5 Å². The molecule has 0 radical (unpaired) electrons. The summed E-state index contributed by atoms with van der Waals surface area (Å²) in [7, 11) is -3.74. The minimum Gasteiger partial charge on any atom is -0.352 e. The van der Waals surface area contributed by atoms with Gasteiger partial charge in [-0.25, -0.2) is 8.42 Å². The van der Waals surface area contributed by atoms with Gasteiger partial charge in [0, 0.05) is 17.1 Å². The molecular formula is C27H36BrN3O4S. The molecule has 2 aromatic rings. The van der Waals surface area contributed by atoms with Crippen molar-refractivity contribution < 1.29 is 18.0 Å². The largest absolute Gasteiger partial charge is 0.352 e. The van der Waals surface area contributed by atoms with Gasteiger partial charge >= 0.3 is 0 Å². The summed E-state index contributed by atoms with van der Waals surface area (Å²) in [6, 6.07) is 14.1. The fourth-order valence-electron chi connectivity index (χ4n) is 4.40. The fourth-order valence-corrected chi connectivity index (χ4v) is 5.51. The van der Waals surface area contributed by atoms with Crippen molar-refractivity contribution in [1.29, 1.82) is 0 Å². The molecule has 9 heteroatoms. The third kappa shape index (κ3) is 7.56. The second-order valence-corrected chi connectivity index (χ2v) is 12.7. The molecule has 0 aliphatic heterocycles. The molecule has 1 saturated carbocycles. The van der Waals surface area contributed by atoms with E-state index >= 15 is 0 Å². The molecule has 1 atom stereocenters. The lowest BCUT2D eigenvalue weighted by molar-refractivity contribution is -0.139. The Morgan fingerprint density at radius 2 is 1.58 bits per heavy atom. The van der Waals surface area contributed by atoms with Crippen LogP contribution in [-0.4, -0.2) is 50.0 Å². The number of carbonyl (C=O) groups is 2. The van der Waals surface area contributed by atoms with Crippen molar-refractivity contribution in [2.75, 3.05) is 17.1 Å². The van der Waals surface area contributed by atoms with E-state index < -0.39 is 28.5 Å². The van der Waals surface area contributed by atoms with Gasteiger partial charge < -0.3 is 10.2 Å². The van der Waals surface area contributed by atoms with E-state index in [1.54, 1.807) is 19.1 Å². The van der Waals surface area contributed by atoms with Gasteiger partial charge in [-0.3, -0.25) is 13.9 Å². The van der Waals surface area contributed by atoms with Gasteiger partial charge in [0.1, 0.15) is 12.6 Å². The molecule has 1 aliphatic rings. The van der Waals surface area contributed by atoms with Gasteiger partial charge in [0.2, 0.25) is 21.8 Å². The Bertz CT molecular complexity index is 1140. The Hall–Kier alpha value is -2.39. The van der Waals surface area contributed by atoms with Gasteiger partial charge in [0.25, 0.3) is 0 Å². The van der Waals surface area contributed by atoms with Gasteiger partial charge in [-0.1, -0.05) is 66.9 Å². The molecular weight excluding hydrogens is 542 g/mol. The lowest BCUT2D eigenvalue weighted by Gasteiger charge is -2.32. The number of carbonyl (C=O) groups excluding carboxylic acids is 2. The summed E-state index contributed by atoms with van der Waals surface area (Å²) in [6.45, 7) is 5.62. The molecule has 196 valence electrons. The average Bonchev–Trinajstić information content (AvgIpc) is 3.34. The first kappa shape index (κ1) is 28.2. The summed E-state index contributed by atoms with van der Waals surface area (Å²) in [4.78, 5) is 28.2. The van der Waals surface area contributed by atoms with E-state index in [0.717, 1.165) is 51.8 Å². The van der Waals surface area contributed by atoms with Gasteiger partial charge in [-0.05, 0) is 61.1 Å². The molecule has 7 nitrogen and oxygen atoms in total. The molecule has 0 aromatic heterocycles. The molecule has 3 rings (SSSR count). The molecule has 1 aliphatic carbocycles. The highest BCUT2D eigenvalue weighted by Gasteiger charge is 2.31. The van der Waals surface area contributed by atoms with Crippen molar-refractivity contribution in [1.82, 2.24) is 10.2 Å². The number of amides is 2. The van der Waals surface area contributed by atoms with Crippen molar-refractivity contribution in [3.8, 4) is 0 Å². The van der Waals surface area contributed by atoms with Crippen LogP contribution in [0.15, 0.2) is 53.0 Å². The fraction of sp³-hybridized carbons (Fsp3) is 0.481. The van der Waals surface area contributed by atoms with E-state index in [-0.39, 0.29) is 18.5 Å². The standard InChI is InChI=1S/C27H36BrN3O4S/c1-19(2)22-11-15-25(16-12-22)31(36(4,34)35)18-26(32)30(17-21-9-13-23(28)14-10-21)20(3)27(33)29-24-7-5-6-8-24/h9-16,19-20,24H,5-8,17-18H2,1-4H3,(H,29,33)/t20-/m1/s1. The van der Waals surface area contributed by atoms with Crippen LogP contribution in [0.5, 0.6) is 0 Å². The van der Waals surface area contributed by atoms with Crippen molar-refractivity contribution in [2.45, 2.75) is 71.0 Å². The van der Waals surface area contributed by atoms with Crippen LogP contribution in [0.4, 0.5) is 5.69 Å².